The Morgan fingerprint density at radius 3 is 1.83 bits per heavy atom. The third kappa shape index (κ3) is 3.10. The van der Waals surface area contributed by atoms with Crippen LogP contribution < -0.4 is 4.46 Å². The average Bonchev–Trinajstić information content (AvgIpc) is 2.80. The predicted molar refractivity (Wildman–Crippen MR) is 117 cm³/mol. The Bertz CT molecular complexity index is 835. The van der Waals surface area contributed by atoms with Crippen molar-refractivity contribution in [3.05, 3.63) is 30.3 Å². The minimum absolute atomic E-state index is 0.321. The molecule has 0 saturated heterocycles. The second-order valence-electron chi connectivity index (χ2n) is 7.58. The van der Waals surface area contributed by atoms with E-state index in [0.29, 0.717) is 0 Å². The fourth-order valence-corrected chi connectivity index (χ4v) is 15.5. The normalized spacial score (nSPS) is 21.4. The maximum atomic E-state index is 13.2. The van der Waals surface area contributed by atoms with E-state index in [0.717, 1.165) is 22.6 Å². The summed E-state index contributed by atoms with van der Waals surface area (Å²) in [5.74, 6) is -1.69. The molecule has 0 radical (unpaired) electrons. The zero-order valence-corrected chi connectivity index (χ0v) is 20.8. The quantitative estimate of drug-likeness (QED) is 0.315. The van der Waals surface area contributed by atoms with E-state index in [9.17, 15) is 20.1 Å². The Labute approximate surface area is 185 Å². The molecule has 1 aliphatic rings. The van der Waals surface area contributed by atoms with E-state index in [1.165, 1.54) is 14.2 Å². The molecule has 1 aliphatic carbocycles. The standard InChI is InChI=1S/C22H28N2O4SeSi/c1-6-30(7-2,8-3)18-17(29-16-12-10-9-11-13-16)22(19(25)27-4,20(26)28-5)21(18,14-23)15-24/h9-13,17-18H,6-8H2,1-5H3/t17-,18-/m0/s1. The first kappa shape index (κ1) is 24.1. The second-order valence-corrected chi connectivity index (χ2v) is 15.6. The molecule has 6 nitrogen and oxygen atoms in total. The molecular formula is C22H28N2O4SeSi. The maximum absolute atomic E-state index is 13.2. The molecule has 0 aromatic heterocycles. The van der Waals surface area contributed by atoms with Gasteiger partial charge in [0.15, 0.2) is 0 Å². The molecule has 2 atom stereocenters. The number of nitrogens with zero attached hydrogens (tertiary/aromatic N) is 2. The minimum atomic E-state index is -2.18. The van der Waals surface area contributed by atoms with E-state index in [1.807, 2.05) is 30.3 Å². The number of nitriles is 2. The monoisotopic (exact) mass is 492 g/mol. The molecule has 1 aromatic rings. The number of carbonyl (C=O) groups is 2. The van der Waals surface area contributed by atoms with Gasteiger partial charge < -0.3 is 0 Å². The van der Waals surface area contributed by atoms with Crippen molar-refractivity contribution in [2.45, 2.75) is 49.3 Å². The molecular weight excluding hydrogens is 463 g/mol. The zero-order chi connectivity index (χ0) is 22.6. The third-order valence-electron chi connectivity index (χ3n) is 6.96. The number of ether oxygens (including phenoxy) is 2. The summed E-state index contributed by atoms with van der Waals surface area (Å²) in [4.78, 5) is 25.9. The van der Waals surface area contributed by atoms with Crippen molar-refractivity contribution in [3.63, 3.8) is 0 Å². The summed E-state index contributed by atoms with van der Waals surface area (Å²) in [5.41, 5.74) is -4.04. The number of benzene rings is 1. The SMILES string of the molecule is CC[Si](CC)(CC)[C@H]1[C@H]([Se]c2ccccc2)C(C(=O)OC)(C(=O)OC)C1(C#N)C#N. The van der Waals surface area contributed by atoms with E-state index in [-0.39, 0.29) is 20.5 Å². The van der Waals surface area contributed by atoms with Crippen molar-refractivity contribution in [1.82, 2.24) is 0 Å². The molecule has 0 bridgehead atoms. The van der Waals surface area contributed by atoms with Crippen LogP contribution in [0.5, 0.6) is 0 Å². The van der Waals surface area contributed by atoms with Crippen molar-refractivity contribution in [2.24, 2.45) is 10.8 Å². The van der Waals surface area contributed by atoms with Gasteiger partial charge in [0.05, 0.1) is 0 Å². The van der Waals surface area contributed by atoms with Gasteiger partial charge in [-0.3, -0.25) is 0 Å². The molecule has 8 heteroatoms. The second kappa shape index (κ2) is 9.35. The topological polar surface area (TPSA) is 100 Å². The van der Waals surface area contributed by atoms with Crippen LogP contribution in [0.2, 0.25) is 28.5 Å². The van der Waals surface area contributed by atoms with Gasteiger partial charge >= 0.3 is 186 Å². The summed E-state index contributed by atoms with van der Waals surface area (Å²) < 4.78 is 11.1. The number of hydrogen-bond acceptors (Lipinski definition) is 6. The molecule has 1 saturated carbocycles. The summed E-state index contributed by atoms with van der Waals surface area (Å²) in [6.07, 6.45) is 0. The van der Waals surface area contributed by atoms with E-state index in [1.54, 1.807) is 0 Å². The molecule has 0 spiro atoms. The van der Waals surface area contributed by atoms with E-state index >= 15 is 0 Å². The van der Waals surface area contributed by atoms with Gasteiger partial charge in [-0.05, 0) is 0 Å². The van der Waals surface area contributed by atoms with Gasteiger partial charge in [0.25, 0.3) is 0 Å². The molecule has 30 heavy (non-hydrogen) atoms. The van der Waals surface area contributed by atoms with Gasteiger partial charge in [0.1, 0.15) is 0 Å². The van der Waals surface area contributed by atoms with Crippen LogP contribution >= 0.6 is 0 Å². The van der Waals surface area contributed by atoms with Gasteiger partial charge in [-0.2, -0.15) is 0 Å². The van der Waals surface area contributed by atoms with Crippen LogP contribution in [0, 0.1) is 33.5 Å². The van der Waals surface area contributed by atoms with Gasteiger partial charge in [-0.1, -0.05) is 0 Å². The van der Waals surface area contributed by atoms with Crippen LogP contribution in [0.1, 0.15) is 20.8 Å². The van der Waals surface area contributed by atoms with E-state index in [4.69, 9.17) is 9.47 Å². The average molecular weight is 492 g/mol. The summed E-state index contributed by atoms with van der Waals surface area (Å²) in [6.45, 7) is 6.30. The summed E-state index contributed by atoms with van der Waals surface area (Å²) in [6, 6.07) is 16.5. The molecule has 1 aromatic carbocycles. The van der Waals surface area contributed by atoms with Crippen LogP contribution in [-0.4, -0.2) is 49.2 Å². The first-order valence-corrected chi connectivity index (χ1v) is 14.6. The Kier molecular flexibility index (Phi) is 7.52. The number of esters is 2. The zero-order valence-electron chi connectivity index (χ0n) is 18.1. The van der Waals surface area contributed by atoms with Crippen LogP contribution in [0.3, 0.4) is 0 Å². The van der Waals surface area contributed by atoms with Gasteiger partial charge in [-0.15, -0.1) is 0 Å². The fraction of sp³-hybridized carbons (Fsp3) is 0.545. The van der Waals surface area contributed by atoms with Gasteiger partial charge in [0, 0.05) is 0 Å². The number of rotatable bonds is 8. The van der Waals surface area contributed by atoms with Crippen LogP contribution in [-0.2, 0) is 19.1 Å². The van der Waals surface area contributed by atoms with Crippen LogP contribution in [0.4, 0.5) is 0 Å². The number of methoxy groups -OCH3 is 2. The Morgan fingerprint density at radius 1 is 1.00 bits per heavy atom. The third-order valence-corrected chi connectivity index (χ3v) is 16.8. The van der Waals surface area contributed by atoms with Crippen molar-refractivity contribution in [2.75, 3.05) is 14.2 Å². The van der Waals surface area contributed by atoms with Crippen LogP contribution in [0.15, 0.2) is 30.3 Å². The summed E-state index contributed by atoms with van der Waals surface area (Å²) in [7, 11) is 0.203. The first-order valence-electron chi connectivity index (χ1n) is 10.1. The molecule has 160 valence electrons. The van der Waals surface area contributed by atoms with E-state index in [2.05, 4.69) is 32.9 Å². The van der Waals surface area contributed by atoms with Gasteiger partial charge in [-0.25, -0.2) is 0 Å². The Morgan fingerprint density at radius 2 is 1.47 bits per heavy atom. The molecule has 0 aliphatic heterocycles. The van der Waals surface area contributed by atoms with Gasteiger partial charge in [0.2, 0.25) is 0 Å². The van der Waals surface area contributed by atoms with Crippen molar-refractivity contribution in [3.8, 4) is 12.1 Å². The van der Waals surface area contributed by atoms with Crippen LogP contribution in [0.25, 0.3) is 0 Å². The molecule has 0 amide bonds. The fourth-order valence-electron chi connectivity index (χ4n) is 5.14. The molecule has 2 rings (SSSR count). The van der Waals surface area contributed by atoms with E-state index < -0.39 is 35.7 Å². The molecule has 0 unspecified atom stereocenters. The van der Waals surface area contributed by atoms with Crippen molar-refractivity contribution < 1.29 is 19.1 Å². The first-order chi connectivity index (χ1) is 14.3. The number of carbonyl (C=O) groups excluding carboxylic acids is 2. The summed E-state index contributed by atoms with van der Waals surface area (Å²) in [5, 5.41) is 20.6. The Hall–Kier alpha value is -2.12. The van der Waals surface area contributed by atoms with Crippen molar-refractivity contribution in [1.29, 1.82) is 10.5 Å². The molecule has 0 N–H and O–H groups in total. The predicted octanol–water partition coefficient (Wildman–Crippen LogP) is 3.06. The molecule has 0 heterocycles. The number of hydrogen-bond donors (Lipinski definition) is 0. The summed E-state index contributed by atoms with van der Waals surface area (Å²) >= 11 is -0.330. The van der Waals surface area contributed by atoms with Crippen molar-refractivity contribution >= 4 is 39.4 Å². The Balaban J connectivity index is 2.86. The molecule has 1 fully saturated rings.